The van der Waals surface area contributed by atoms with E-state index in [1.807, 2.05) is 13.8 Å². The van der Waals surface area contributed by atoms with Crippen LogP contribution < -0.4 is 20.7 Å². The zero-order valence-corrected chi connectivity index (χ0v) is 25.0. The summed E-state index contributed by atoms with van der Waals surface area (Å²) in [5.41, 5.74) is -2.86. The van der Waals surface area contributed by atoms with Crippen LogP contribution in [0.2, 0.25) is 0 Å². The number of esters is 2. The lowest BCUT2D eigenvalue weighted by Crippen LogP contribution is -2.46. The molecule has 0 saturated carbocycles. The highest BCUT2D eigenvalue weighted by Gasteiger charge is 2.41. The van der Waals surface area contributed by atoms with Crippen LogP contribution in [-0.4, -0.2) is 60.0 Å². The monoisotopic (exact) mass is 606 g/mol. The molecule has 13 heteroatoms. The van der Waals surface area contributed by atoms with E-state index in [9.17, 15) is 28.4 Å². The number of hydrogen-bond acceptors (Lipinski definition) is 10. The smallest absolute Gasteiger partial charge is 0.340 e. The molecule has 3 rings (SSSR count). The van der Waals surface area contributed by atoms with Gasteiger partial charge in [0.25, 0.3) is 11.5 Å². The molecule has 0 radical (unpaired) electrons. The maximum absolute atomic E-state index is 14.9. The summed E-state index contributed by atoms with van der Waals surface area (Å²) in [4.78, 5) is 64.4. The van der Waals surface area contributed by atoms with Gasteiger partial charge in [-0.05, 0) is 25.0 Å². The molecule has 3 atom stereocenters. The quantitative estimate of drug-likeness (QED) is 0.217. The number of methoxy groups -OCH3 is 2. The summed E-state index contributed by atoms with van der Waals surface area (Å²) >= 11 is 0. The van der Waals surface area contributed by atoms with Gasteiger partial charge in [0, 0.05) is 19.3 Å². The minimum Gasteiger partial charge on any atom is -0.493 e. The van der Waals surface area contributed by atoms with Crippen LogP contribution >= 0.6 is 0 Å². The predicted molar refractivity (Wildman–Crippen MR) is 152 cm³/mol. The van der Waals surface area contributed by atoms with E-state index in [-0.39, 0.29) is 47.5 Å². The minimum absolute atomic E-state index is 0.0508. The number of benzene rings is 1. The Balaban J connectivity index is 1.92. The van der Waals surface area contributed by atoms with E-state index < -0.39 is 53.3 Å². The molecule has 0 amide bonds. The Kier molecular flexibility index (Phi) is 12.5. The Bertz CT molecular complexity index is 1400. The molecule has 1 fully saturated rings. The molecule has 1 aliphatic heterocycles. The molecular formula is C30H39FN2O10. The van der Waals surface area contributed by atoms with Crippen molar-refractivity contribution in [3.63, 3.8) is 0 Å². The SMILES string of the molecule is CCCCCC(=O)OC[C@H]1O[C@@H](n2cc(F)c(=O)n(C(=O)c3cccc(OC)c3OC)c2=O)C[C@@H]1OC(=O)CCCCC. The van der Waals surface area contributed by atoms with Crippen LogP contribution in [0.1, 0.15) is 88.2 Å². The van der Waals surface area contributed by atoms with Gasteiger partial charge in [-0.1, -0.05) is 45.6 Å². The molecule has 0 bridgehead atoms. The average Bonchev–Trinajstić information content (AvgIpc) is 3.39. The minimum atomic E-state index is -1.47. The average molecular weight is 607 g/mol. The fourth-order valence-corrected chi connectivity index (χ4v) is 4.76. The molecule has 2 heterocycles. The van der Waals surface area contributed by atoms with E-state index in [2.05, 4.69) is 0 Å². The van der Waals surface area contributed by atoms with E-state index in [1.165, 1.54) is 32.4 Å². The molecule has 1 aromatic carbocycles. The second-order valence-corrected chi connectivity index (χ2v) is 10.1. The fourth-order valence-electron chi connectivity index (χ4n) is 4.76. The highest BCUT2D eigenvalue weighted by molar-refractivity contribution is 5.99. The van der Waals surface area contributed by atoms with Gasteiger partial charge in [-0.2, -0.15) is 8.96 Å². The summed E-state index contributed by atoms with van der Waals surface area (Å²) in [6.07, 6.45) is 2.54. The van der Waals surface area contributed by atoms with Crippen molar-refractivity contribution in [3.05, 3.63) is 56.6 Å². The number of rotatable bonds is 15. The molecule has 1 saturated heterocycles. The molecule has 2 aromatic rings. The van der Waals surface area contributed by atoms with Crippen LogP contribution in [0, 0.1) is 5.82 Å². The second kappa shape index (κ2) is 16.0. The predicted octanol–water partition coefficient (Wildman–Crippen LogP) is 3.76. The van der Waals surface area contributed by atoms with Crippen molar-refractivity contribution in [1.29, 1.82) is 0 Å². The van der Waals surface area contributed by atoms with Gasteiger partial charge in [0.2, 0.25) is 5.82 Å². The van der Waals surface area contributed by atoms with E-state index in [1.54, 1.807) is 0 Å². The van der Waals surface area contributed by atoms with E-state index in [4.69, 9.17) is 23.7 Å². The third kappa shape index (κ3) is 8.31. The zero-order valence-electron chi connectivity index (χ0n) is 25.0. The number of carbonyl (C=O) groups excluding carboxylic acids is 3. The first-order valence-corrected chi connectivity index (χ1v) is 14.5. The van der Waals surface area contributed by atoms with Crippen molar-refractivity contribution in [1.82, 2.24) is 9.13 Å². The van der Waals surface area contributed by atoms with Gasteiger partial charge >= 0.3 is 17.6 Å². The molecule has 0 unspecified atom stereocenters. The topological polar surface area (TPSA) is 141 Å². The molecule has 1 aliphatic rings. The van der Waals surface area contributed by atoms with Crippen LogP contribution in [0.15, 0.2) is 34.0 Å². The van der Waals surface area contributed by atoms with E-state index in [0.717, 1.165) is 30.3 Å². The van der Waals surface area contributed by atoms with Gasteiger partial charge in [-0.15, -0.1) is 0 Å². The Labute approximate surface area is 248 Å². The Morgan fingerprint density at radius 3 is 2.28 bits per heavy atom. The number of unbranched alkanes of at least 4 members (excludes halogenated alkanes) is 4. The summed E-state index contributed by atoms with van der Waals surface area (Å²) < 4.78 is 43.2. The fraction of sp³-hybridized carbons (Fsp3) is 0.567. The lowest BCUT2D eigenvalue weighted by Gasteiger charge is -2.19. The number of nitrogens with zero attached hydrogens (tertiary/aromatic N) is 2. The van der Waals surface area contributed by atoms with Gasteiger partial charge in [0.1, 0.15) is 25.0 Å². The Morgan fingerprint density at radius 1 is 0.977 bits per heavy atom. The van der Waals surface area contributed by atoms with Crippen LogP contribution in [0.5, 0.6) is 11.5 Å². The molecule has 1 aromatic heterocycles. The van der Waals surface area contributed by atoms with Gasteiger partial charge in [0.15, 0.2) is 11.5 Å². The maximum atomic E-state index is 14.9. The Hall–Kier alpha value is -4.00. The molecule has 0 N–H and O–H groups in total. The van der Waals surface area contributed by atoms with Crippen molar-refractivity contribution in [3.8, 4) is 11.5 Å². The van der Waals surface area contributed by atoms with Crippen LogP contribution in [0.25, 0.3) is 0 Å². The van der Waals surface area contributed by atoms with Gasteiger partial charge < -0.3 is 23.7 Å². The lowest BCUT2D eigenvalue weighted by atomic mass is 10.1. The second-order valence-electron chi connectivity index (χ2n) is 10.1. The highest BCUT2D eigenvalue weighted by Crippen LogP contribution is 2.32. The van der Waals surface area contributed by atoms with Gasteiger partial charge in [-0.25, -0.2) is 4.79 Å². The van der Waals surface area contributed by atoms with E-state index >= 15 is 0 Å². The zero-order chi connectivity index (χ0) is 31.5. The normalized spacial score (nSPS) is 17.8. The molecule has 12 nitrogen and oxygen atoms in total. The molecule has 236 valence electrons. The largest absolute Gasteiger partial charge is 0.493 e. The number of para-hydroxylation sites is 1. The third-order valence-electron chi connectivity index (χ3n) is 7.06. The summed E-state index contributed by atoms with van der Waals surface area (Å²) in [6.45, 7) is 3.73. The standard InChI is InChI=1S/C30H39FN2O10/c1-5-7-9-14-25(34)41-18-23-22(43-26(35)15-10-8-6-2)16-24(42-23)32-17-20(31)29(37)33(30(32)38)28(36)19-12-11-13-21(39-3)27(19)40-4/h11-13,17,22-24H,5-10,14-16,18H2,1-4H3/t22-,23+,24+/m0/s1. The lowest BCUT2D eigenvalue weighted by molar-refractivity contribution is -0.158. The Morgan fingerprint density at radius 2 is 1.65 bits per heavy atom. The van der Waals surface area contributed by atoms with Crippen LogP contribution in [0.3, 0.4) is 0 Å². The molecule has 43 heavy (non-hydrogen) atoms. The number of aromatic nitrogens is 2. The number of carbonyl (C=O) groups is 3. The number of halogens is 1. The molecule has 0 spiro atoms. The first kappa shape index (κ1) is 33.5. The summed E-state index contributed by atoms with van der Waals surface area (Å²) in [6, 6.07) is 4.26. The van der Waals surface area contributed by atoms with Crippen LogP contribution in [0.4, 0.5) is 4.39 Å². The van der Waals surface area contributed by atoms with Crippen molar-refractivity contribution in [2.24, 2.45) is 0 Å². The summed E-state index contributed by atoms with van der Waals surface area (Å²) in [5, 5.41) is 0. The highest BCUT2D eigenvalue weighted by atomic mass is 19.1. The van der Waals surface area contributed by atoms with Crippen molar-refractivity contribution in [2.45, 2.75) is 90.1 Å². The number of hydrogen-bond donors (Lipinski definition) is 0. The first-order valence-electron chi connectivity index (χ1n) is 14.5. The van der Waals surface area contributed by atoms with Gasteiger partial charge in [-0.3, -0.25) is 23.7 Å². The summed E-state index contributed by atoms with van der Waals surface area (Å²) in [5.74, 6) is -3.38. The van der Waals surface area contributed by atoms with Crippen molar-refractivity contribution < 1.29 is 42.5 Å². The molecule has 0 aliphatic carbocycles. The van der Waals surface area contributed by atoms with Gasteiger partial charge in [0.05, 0.1) is 26.0 Å². The first-order chi connectivity index (χ1) is 20.7. The maximum Gasteiger partial charge on any atom is 0.340 e. The van der Waals surface area contributed by atoms with Crippen molar-refractivity contribution >= 4 is 17.8 Å². The van der Waals surface area contributed by atoms with E-state index in [0.29, 0.717) is 19.0 Å². The summed E-state index contributed by atoms with van der Waals surface area (Å²) in [7, 11) is 2.62. The van der Waals surface area contributed by atoms with Crippen molar-refractivity contribution in [2.75, 3.05) is 20.8 Å². The number of ether oxygens (including phenoxy) is 5. The third-order valence-corrected chi connectivity index (χ3v) is 7.06. The van der Waals surface area contributed by atoms with Crippen LogP contribution in [-0.2, 0) is 23.8 Å². The molecular weight excluding hydrogens is 567 g/mol.